The van der Waals surface area contributed by atoms with E-state index in [2.05, 4.69) is 17.6 Å². The van der Waals surface area contributed by atoms with Crippen LogP contribution in [0.3, 0.4) is 0 Å². The lowest BCUT2D eigenvalue weighted by atomic mass is 10.0. The second-order valence-electron chi connectivity index (χ2n) is 5.39. The van der Waals surface area contributed by atoms with Crippen LogP contribution in [0.5, 0.6) is 0 Å². The number of hydrogen-bond acceptors (Lipinski definition) is 4. The van der Waals surface area contributed by atoms with E-state index in [1.54, 1.807) is 0 Å². The zero-order valence-corrected chi connectivity index (χ0v) is 12.6. The smallest absolute Gasteiger partial charge is 0.407 e. The molecule has 21 heavy (non-hydrogen) atoms. The molecule has 0 radical (unpaired) electrons. The maximum Gasteiger partial charge on any atom is 0.407 e. The van der Waals surface area contributed by atoms with E-state index in [4.69, 9.17) is 9.47 Å². The van der Waals surface area contributed by atoms with E-state index < -0.39 is 5.60 Å². The van der Waals surface area contributed by atoms with Crippen molar-refractivity contribution in [1.29, 1.82) is 0 Å². The van der Waals surface area contributed by atoms with Crippen LogP contribution in [0.25, 0.3) is 0 Å². The van der Waals surface area contributed by atoms with Gasteiger partial charge in [0.25, 0.3) is 0 Å². The Morgan fingerprint density at radius 1 is 1.38 bits per heavy atom. The Balaban J connectivity index is 1.75. The zero-order valence-electron chi connectivity index (χ0n) is 12.6. The number of carbonyl (C=O) groups is 1. The average Bonchev–Trinajstić information content (AvgIpc) is 2.87. The molecule has 5 nitrogen and oxygen atoms in total. The van der Waals surface area contributed by atoms with E-state index in [1.165, 1.54) is 0 Å². The second-order valence-corrected chi connectivity index (χ2v) is 5.39. The van der Waals surface area contributed by atoms with E-state index in [-0.39, 0.29) is 6.09 Å². The van der Waals surface area contributed by atoms with Crippen molar-refractivity contribution in [2.75, 3.05) is 26.2 Å². The van der Waals surface area contributed by atoms with Crippen LogP contribution in [0, 0.1) is 0 Å². The van der Waals surface area contributed by atoms with Crippen LogP contribution < -0.4 is 10.6 Å². The molecule has 2 rings (SSSR count). The van der Waals surface area contributed by atoms with Gasteiger partial charge >= 0.3 is 6.09 Å². The first-order chi connectivity index (χ1) is 10.2. The van der Waals surface area contributed by atoms with Crippen molar-refractivity contribution in [3.05, 3.63) is 35.9 Å². The highest BCUT2D eigenvalue weighted by Gasteiger charge is 2.39. The fourth-order valence-corrected chi connectivity index (χ4v) is 2.34. The van der Waals surface area contributed by atoms with Crippen LogP contribution in [0.2, 0.25) is 0 Å². The molecule has 1 aliphatic heterocycles. The van der Waals surface area contributed by atoms with Crippen molar-refractivity contribution in [3.8, 4) is 0 Å². The molecule has 1 saturated heterocycles. The molecule has 5 heteroatoms. The molecule has 1 aromatic carbocycles. The number of amides is 1. The van der Waals surface area contributed by atoms with Gasteiger partial charge in [0.05, 0.1) is 19.8 Å². The predicted molar refractivity (Wildman–Crippen MR) is 81.1 cm³/mol. The van der Waals surface area contributed by atoms with Crippen molar-refractivity contribution >= 4 is 6.09 Å². The Morgan fingerprint density at radius 2 is 2.19 bits per heavy atom. The Hall–Kier alpha value is -1.59. The van der Waals surface area contributed by atoms with Crippen molar-refractivity contribution in [1.82, 2.24) is 10.6 Å². The van der Waals surface area contributed by atoms with Gasteiger partial charge in [-0.25, -0.2) is 4.79 Å². The monoisotopic (exact) mass is 292 g/mol. The largest absolute Gasteiger partial charge is 0.440 e. The van der Waals surface area contributed by atoms with Gasteiger partial charge in [-0.05, 0) is 18.5 Å². The SMILES string of the molecule is CCCNCC1(CCOCc2ccccc2)CNC(=O)O1. The summed E-state index contributed by atoms with van der Waals surface area (Å²) in [4.78, 5) is 11.3. The molecule has 0 aliphatic carbocycles. The summed E-state index contributed by atoms with van der Waals surface area (Å²) in [5.74, 6) is 0. The number of ether oxygens (including phenoxy) is 2. The lowest BCUT2D eigenvalue weighted by Gasteiger charge is -2.26. The first-order valence-corrected chi connectivity index (χ1v) is 7.53. The van der Waals surface area contributed by atoms with Crippen LogP contribution in [-0.4, -0.2) is 37.9 Å². The van der Waals surface area contributed by atoms with Crippen LogP contribution >= 0.6 is 0 Å². The predicted octanol–water partition coefficient (Wildman–Crippen LogP) is 2.07. The minimum absolute atomic E-state index is 0.337. The molecule has 1 fully saturated rings. The summed E-state index contributed by atoms with van der Waals surface area (Å²) in [7, 11) is 0. The lowest BCUT2D eigenvalue weighted by molar-refractivity contribution is 0.0149. The third-order valence-electron chi connectivity index (χ3n) is 3.55. The second kappa shape index (κ2) is 8.00. The third kappa shape index (κ3) is 5.02. The number of alkyl carbamates (subject to hydrolysis) is 1. The van der Waals surface area contributed by atoms with Crippen LogP contribution in [0.4, 0.5) is 4.79 Å². The first-order valence-electron chi connectivity index (χ1n) is 7.53. The summed E-state index contributed by atoms with van der Waals surface area (Å²) < 4.78 is 11.2. The average molecular weight is 292 g/mol. The van der Waals surface area contributed by atoms with Gasteiger partial charge in [-0.2, -0.15) is 0 Å². The van der Waals surface area contributed by atoms with Gasteiger partial charge in [-0.15, -0.1) is 0 Å². The molecule has 1 aromatic rings. The summed E-state index contributed by atoms with van der Waals surface area (Å²) in [6, 6.07) is 10.1. The van der Waals surface area contributed by atoms with E-state index in [0.717, 1.165) is 18.5 Å². The Kier molecular flexibility index (Phi) is 6.02. The Labute approximate surface area is 126 Å². The van der Waals surface area contributed by atoms with Crippen molar-refractivity contribution in [2.24, 2.45) is 0 Å². The molecular weight excluding hydrogens is 268 g/mol. The molecule has 1 unspecified atom stereocenters. The van der Waals surface area contributed by atoms with Gasteiger partial charge in [0.15, 0.2) is 0 Å². The number of cyclic esters (lactones) is 1. The standard InChI is InChI=1S/C16H24N2O3/c1-2-9-17-12-16(13-18-15(19)21-16)8-10-20-11-14-6-4-3-5-7-14/h3-7,17H,2,8-13H2,1H3,(H,18,19). The number of rotatable bonds is 9. The molecule has 1 aliphatic rings. The van der Waals surface area contributed by atoms with Crippen molar-refractivity contribution in [3.63, 3.8) is 0 Å². The molecule has 0 bridgehead atoms. The Bertz CT molecular complexity index is 438. The summed E-state index contributed by atoms with van der Waals surface area (Å²) in [6.45, 7) is 5.38. The van der Waals surface area contributed by atoms with Gasteiger partial charge in [-0.3, -0.25) is 0 Å². The van der Waals surface area contributed by atoms with Crippen molar-refractivity contribution < 1.29 is 14.3 Å². The highest BCUT2D eigenvalue weighted by Crippen LogP contribution is 2.20. The summed E-state index contributed by atoms with van der Waals surface area (Å²) >= 11 is 0. The minimum Gasteiger partial charge on any atom is -0.440 e. The molecule has 1 atom stereocenters. The Morgan fingerprint density at radius 3 is 2.86 bits per heavy atom. The number of hydrogen-bond donors (Lipinski definition) is 2. The fraction of sp³-hybridized carbons (Fsp3) is 0.562. The van der Waals surface area contributed by atoms with Crippen LogP contribution in [0.1, 0.15) is 25.3 Å². The highest BCUT2D eigenvalue weighted by atomic mass is 16.6. The van der Waals surface area contributed by atoms with Crippen LogP contribution in [0.15, 0.2) is 30.3 Å². The van der Waals surface area contributed by atoms with Gasteiger partial charge in [0.2, 0.25) is 0 Å². The maximum absolute atomic E-state index is 11.3. The first kappa shape index (κ1) is 15.8. The quantitative estimate of drug-likeness (QED) is 0.684. The number of benzene rings is 1. The van der Waals surface area contributed by atoms with Gasteiger partial charge in [-0.1, -0.05) is 37.3 Å². The topological polar surface area (TPSA) is 59.6 Å². The zero-order chi connectivity index (χ0) is 15.0. The van der Waals surface area contributed by atoms with Crippen molar-refractivity contribution in [2.45, 2.75) is 32.0 Å². The van der Waals surface area contributed by atoms with Crippen LogP contribution in [-0.2, 0) is 16.1 Å². The summed E-state index contributed by atoms with van der Waals surface area (Å²) in [5, 5.41) is 6.06. The molecule has 0 aromatic heterocycles. The number of nitrogens with one attached hydrogen (secondary N) is 2. The summed E-state index contributed by atoms with van der Waals surface area (Å²) in [6.07, 6.45) is 1.41. The van der Waals surface area contributed by atoms with E-state index in [9.17, 15) is 4.79 Å². The molecule has 1 amide bonds. The molecule has 0 saturated carbocycles. The fourth-order valence-electron chi connectivity index (χ4n) is 2.34. The minimum atomic E-state index is -0.483. The third-order valence-corrected chi connectivity index (χ3v) is 3.55. The van der Waals surface area contributed by atoms with Gasteiger partial charge < -0.3 is 20.1 Å². The molecular formula is C16H24N2O3. The van der Waals surface area contributed by atoms with E-state index in [1.807, 2.05) is 30.3 Å². The lowest BCUT2D eigenvalue weighted by Crippen LogP contribution is -2.45. The van der Waals surface area contributed by atoms with E-state index in [0.29, 0.717) is 32.7 Å². The molecule has 0 spiro atoms. The molecule has 116 valence electrons. The van der Waals surface area contributed by atoms with E-state index >= 15 is 0 Å². The molecule has 2 N–H and O–H groups in total. The molecule has 1 heterocycles. The highest BCUT2D eigenvalue weighted by molar-refractivity contribution is 5.70. The maximum atomic E-state index is 11.3. The summed E-state index contributed by atoms with van der Waals surface area (Å²) in [5.41, 5.74) is 0.667. The normalized spacial score (nSPS) is 21.1. The number of carbonyl (C=O) groups excluding carboxylic acids is 1. The van der Waals surface area contributed by atoms with Gasteiger partial charge in [0, 0.05) is 13.0 Å². The van der Waals surface area contributed by atoms with Gasteiger partial charge in [0.1, 0.15) is 5.60 Å².